The molecule has 0 aliphatic rings. The van der Waals surface area contributed by atoms with Gasteiger partial charge in [0.2, 0.25) is 0 Å². The Hall–Kier alpha value is -1.74. The molecule has 1 aromatic carbocycles. The lowest BCUT2D eigenvalue weighted by atomic mass is 10.1. The van der Waals surface area contributed by atoms with E-state index in [4.69, 9.17) is 4.42 Å². The predicted octanol–water partition coefficient (Wildman–Crippen LogP) is 3.63. The molecular weight excluding hydrogens is 248 g/mol. The number of benzene rings is 1. The first-order valence-electron chi connectivity index (χ1n) is 7.27. The quantitative estimate of drug-likeness (QED) is 0.834. The molecule has 1 heterocycles. The van der Waals surface area contributed by atoms with Crippen LogP contribution in [0.15, 0.2) is 47.1 Å². The summed E-state index contributed by atoms with van der Waals surface area (Å²) >= 11 is 0. The minimum atomic E-state index is 0.251. The normalized spacial score (nSPS) is 12.3. The number of likely N-dealkylation sites (N-methyl/N-ethyl adjacent to an activating group) is 1. The SMILES string of the molecule is CCc1ccc(N(C)CCNC(C)c2ccco2)cc1. The smallest absolute Gasteiger partial charge is 0.120 e. The molecule has 3 heteroatoms. The Bertz CT molecular complexity index is 490. The summed E-state index contributed by atoms with van der Waals surface area (Å²) in [5.41, 5.74) is 2.64. The molecule has 2 rings (SSSR count). The van der Waals surface area contributed by atoms with E-state index >= 15 is 0 Å². The van der Waals surface area contributed by atoms with E-state index in [9.17, 15) is 0 Å². The van der Waals surface area contributed by atoms with Gasteiger partial charge in [-0.3, -0.25) is 0 Å². The third kappa shape index (κ3) is 3.87. The van der Waals surface area contributed by atoms with Gasteiger partial charge >= 0.3 is 0 Å². The van der Waals surface area contributed by atoms with Crippen molar-refractivity contribution < 1.29 is 4.42 Å². The van der Waals surface area contributed by atoms with Crippen LogP contribution < -0.4 is 10.2 Å². The van der Waals surface area contributed by atoms with Crippen molar-refractivity contribution in [2.75, 3.05) is 25.0 Å². The number of anilines is 1. The van der Waals surface area contributed by atoms with Crippen molar-refractivity contribution in [2.45, 2.75) is 26.3 Å². The Labute approximate surface area is 121 Å². The van der Waals surface area contributed by atoms with Gasteiger partial charge in [0.05, 0.1) is 12.3 Å². The molecule has 0 aliphatic heterocycles. The number of rotatable bonds is 7. The molecule has 0 aliphatic carbocycles. The fourth-order valence-electron chi connectivity index (χ4n) is 2.20. The third-order valence-electron chi connectivity index (χ3n) is 3.65. The maximum absolute atomic E-state index is 5.39. The minimum Gasteiger partial charge on any atom is -0.468 e. The first-order chi connectivity index (χ1) is 9.70. The van der Waals surface area contributed by atoms with E-state index < -0.39 is 0 Å². The van der Waals surface area contributed by atoms with E-state index in [-0.39, 0.29) is 6.04 Å². The lowest BCUT2D eigenvalue weighted by molar-refractivity contribution is 0.433. The molecular formula is C17H24N2O. The van der Waals surface area contributed by atoms with Crippen molar-refractivity contribution >= 4 is 5.69 Å². The fraction of sp³-hybridized carbons (Fsp3) is 0.412. The summed E-state index contributed by atoms with van der Waals surface area (Å²) in [7, 11) is 2.13. The second kappa shape index (κ2) is 7.15. The van der Waals surface area contributed by atoms with Crippen LogP contribution in [0.1, 0.15) is 31.2 Å². The van der Waals surface area contributed by atoms with Gasteiger partial charge in [0.1, 0.15) is 5.76 Å². The Kier molecular flexibility index (Phi) is 5.24. The van der Waals surface area contributed by atoms with E-state index in [1.165, 1.54) is 11.3 Å². The number of aryl methyl sites for hydroxylation is 1. The zero-order valence-electron chi connectivity index (χ0n) is 12.6. The molecule has 20 heavy (non-hydrogen) atoms. The second-order valence-electron chi connectivity index (χ2n) is 5.13. The van der Waals surface area contributed by atoms with Crippen LogP contribution in [-0.2, 0) is 6.42 Å². The largest absolute Gasteiger partial charge is 0.468 e. The zero-order chi connectivity index (χ0) is 14.4. The highest BCUT2D eigenvalue weighted by Gasteiger charge is 2.07. The third-order valence-corrected chi connectivity index (χ3v) is 3.65. The Morgan fingerprint density at radius 1 is 1.20 bits per heavy atom. The molecule has 3 nitrogen and oxygen atoms in total. The molecule has 1 N–H and O–H groups in total. The lowest BCUT2D eigenvalue weighted by Crippen LogP contribution is -2.30. The van der Waals surface area contributed by atoms with E-state index in [0.29, 0.717) is 0 Å². The van der Waals surface area contributed by atoms with Crippen LogP contribution in [0.3, 0.4) is 0 Å². The van der Waals surface area contributed by atoms with Gasteiger partial charge in [-0.15, -0.1) is 0 Å². The highest BCUT2D eigenvalue weighted by atomic mass is 16.3. The maximum Gasteiger partial charge on any atom is 0.120 e. The number of hydrogen-bond donors (Lipinski definition) is 1. The van der Waals surface area contributed by atoms with Gasteiger partial charge in [-0.1, -0.05) is 19.1 Å². The standard InChI is InChI=1S/C17H24N2O/c1-4-15-7-9-16(10-8-15)19(3)12-11-18-14(2)17-6-5-13-20-17/h5-10,13-14,18H,4,11-12H2,1-3H3. The number of furan rings is 1. The molecule has 0 amide bonds. The molecule has 1 unspecified atom stereocenters. The van der Waals surface area contributed by atoms with Gasteiger partial charge < -0.3 is 14.6 Å². The molecule has 108 valence electrons. The van der Waals surface area contributed by atoms with Crippen molar-refractivity contribution in [1.29, 1.82) is 0 Å². The summed E-state index contributed by atoms with van der Waals surface area (Å²) in [4.78, 5) is 2.27. The molecule has 0 bridgehead atoms. The average Bonchev–Trinajstić information content (AvgIpc) is 3.01. The summed E-state index contributed by atoms with van der Waals surface area (Å²) < 4.78 is 5.39. The summed E-state index contributed by atoms with van der Waals surface area (Å²) in [6.07, 6.45) is 2.81. The summed E-state index contributed by atoms with van der Waals surface area (Å²) in [6.45, 7) is 6.19. The first-order valence-corrected chi connectivity index (χ1v) is 7.27. The summed E-state index contributed by atoms with van der Waals surface area (Å²) in [5.74, 6) is 0.986. The number of nitrogens with zero attached hydrogens (tertiary/aromatic N) is 1. The van der Waals surface area contributed by atoms with Crippen LogP contribution >= 0.6 is 0 Å². The van der Waals surface area contributed by atoms with Gasteiger partial charge in [-0.25, -0.2) is 0 Å². The van der Waals surface area contributed by atoms with Gasteiger partial charge in [0.15, 0.2) is 0 Å². The van der Waals surface area contributed by atoms with Crippen molar-refractivity contribution in [1.82, 2.24) is 5.32 Å². The van der Waals surface area contributed by atoms with E-state index in [2.05, 4.69) is 55.4 Å². The Balaban J connectivity index is 1.78. The molecule has 0 saturated heterocycles. The number of nitrogens with one attached hydrogen (secondary N) is 1. The Morgan fingerprint density at radius 2 is 1.95 bits per heavy atom. The van der Waals surface area contributed by atoms with E-state index in [1.54, 1.807) is 6.26 Å². The summed E-state index contributed by atoms with van der Waals surface area (Å²) in [5, 5.41) is 3.47. The molecule has 0 fully saturated rings. The molecule has 2 aromatic rings. The van der Waals surface area contributed by atoms with Crippen molar-refractivity contribution in [3.05, 3.63) is 54.0 Å². The zero-order valence-corrected chi connectivity index (χ0v) is 12.6. The topological polar surface area (TPSA) is 28.4 Å². The van der Waals surface area contributed by atoms with Gasteiger partial charge in [-0.05, 0) is 43.2 Å². The van der Waals surface area contributed by atoms with E-state index in [1.807, 2.05) is 12.1 Å². The average molecular weight is 272 g/mol. The van der Waals surface area contributed by atoms with E-state index in [0.717, 1.165) is 25.3 Å². The summed E-state index contributed by atoms with van der Waals surface area (Å²) in [6, 6.07) is 13.0. The van der Waals surface area contributed by atoms with Crippen LogP contribution in [-0.4, -0.2) is 20.1 Å². The van der Waals surface area contributed by atoms with Crippen LogP contribution in [0.5, 0.6) is 0 Å². The van der Waals surface area contributed by atoms with Gasteiger partial charge in [-0.2, -0.15) is 0 Å². The van der Waals surface area contributed by atoms with Crippen molar-refractivity contribution in [2.24, 2.45) is 0 Å². The molecule has 0 radical (unpaired) electrons. The van der Waals surface area contributed by atoms with Crippen LogP contribution in [0, 0.1) is 0 Å². The second-order valence-corrected chi connectivity index (χ2v) is 5.13. The number of hydrogen-bond acceptors (Lipinski definition) is 3. The van der Waals surface area contributed by atoms with Crippen LogP contribution in [0.4, 0.5) is 5.69 Å². The van der Waals surface area contributed by atoms with Crippen LogP contribution in [0.2, 0.25) is 0 Å². The highest BCUT2D eigenvalue weighted by molar-refractivity contribution is 5.46. The Morgan fingerprint density at radius 3 is 2.55 bits per heavy atom. The van der Waals surface area contributed by atoms with Crippen molar-refractivity contribution in [3.63, 3.8) is 0 Å². The molecule has 0 spiro atoms. The van der Waals surface area contributed by atoms with Gasteiger partial charge in [0.25, 0.3) is 0 Å². The predicted molar refractivity (Wildman–Crippen MR) is 84.2 cm³/mol. The van der Waals surface area contributed by atoms with Crippen molar-refractivity contribution in [3.8, 4) is 0 Å². The fourth-order valence-corrected chi connectivity index (χ4v) is 2.20. The molecule has 1 atom stereocenters. The maximum atomic E-state index is 5.39. The lowest BCUT2D eigenvalue weighted by Gasteiger charge is -2.21. The monoisotopic (exact) mass is 272 g/mol. The minimum absolute atomic E-state index is 0.251. The molecule has 0 saturated carbocycles. The van der Waals surface area contributed by atoms with Crippen LogP contribution in [0.25, 0.3) is 0 Å². The first kappa shape index (κ1) is 14.7. The van der Waals surface area contributed by atoms with Gasteiger partial charge in [0, 0.05) is 25.8 Å². The molecule has 1 aromatic heterocycles. The highest BCUT2D eigenvalue weighted by Crippen LogP contribution is 2.14.